The fraction of sp³-hybridized carbons (Fsp3) is 0.710. The van der Waals surface area contributed by atoms with E-state index in [9.17, 15) is 43.5 Å². The number of allylic oxidation sites excluding steroid dienone is 28. The minimum absolute atomic E-state index is 0.100. The lowest BCUT2D eigenvalue weighted by atomic mass is 10.0. The van der Waals surface area contributed by atoms with Gasteiger partial charge in [-0.1, -0.05) is 428 Å². The zero-order chi connectivity index (χ0) is 90.7. The van der Waals surface area contributed by atoms with E-state index in [0.717, 1.165) is 167 Å². The summed E-state index contributed by atoms with van der Waals surface area (Å²) in [5, 5.41) is 20.8. The van der Waals surface area contributed by atoms with E-state index in [-0.39, 0.29) is 19.3 Å². The number of aliphatic hydroxyl groups is 2. The van der Waals surface area contributed by atoms with Gasteiger partial charge in [-0.2, -0.15) is 0 Å². The summed E-state index contributed by atoms with van der Waals surface area (Å²) in [6.07, 6.45) is 128. The van der Waals surface area contributed by atoms with Gasteiger partial charge in [0, 0.05) is 19.3 Å². The van der Waals surface area contributed by atoms with Gasteiger partial charge in [-0.05, 0) is 154 Å². The Balaban J connectivity index is 4.63. The van der Waals surface area contributed by atoms with Crippen LogP contribution in [0.4, 0.5) is 0 Å². The summed E-state index contributed by atoms with van der Waals surface area (Å²) in [5.41, 5.74) is 0. The molecule has 0 spiro atoms. The topological polar surface area (TPSA) is 231 Å². The number of carbonyl (C=O) groups is 3. The number of esters is 3. The van der Waals surface area contributed by atoms with Crippen molar-refractivity contribution in [2.75, 3.05) is 39.6 Å². The predicted molar refractivity (Wildman–Crippen MR) is 528 cm³/mol. The van der Waals surface area contributed by atoms with E-state index in [1.807, 2.05) is 0 Å². The Hall–Kier alpha value is -5.09. The molecule has 0 aromatic carbocycles. The van der Waals surface area contributed by atoms with E-state index in [4.69, 9.17) is 32.3 Å². The van der Waals surface area contributed by atoms with E-state index >= 15 is 0 Å². The van der Waals surface area contributed by atoms with Crippen molar-refractivity contribution >= 4 is 33.6 Å². The third-order valence-electron chi connectivity index (χ3n) is 21.4. The molecule has 0 aliphatic carbocycles. The molecule has 18 heteroatoms. The number of ether oxygens (including phenoxy) is 3. The van der Waals surface area contributed by atoms with E-state index in [2.05, 4.69) is 191 Å². The molecule has 0 bridgehead atoms. The van der Waals surface area contributed by atoms with Crippen molar-refractivity contribution in [2.24, 2.45) is 0 Å². The molecule has 5 unspecified atom stereocenters. The number of carbonyl (C=O) groups excluding carboxylic acids is 3. The Morgan fingerprint density at radius 2 is 0.424 bits per heavy atom. The number of rotatable bonds is 95. The van der Waals surface area contributed by atoms with Crippen LogP contribution in [0.1, 0.15) is 432 Å². The second-order valence-corrected chi connectivity index (χ2v) is 36.4. The highest BCUT2D eigenvalue weighted by molar-refractivity contribution is 7.47. The molecule has 0 rings (SSSR count). The smallest absolute Gasteiger partial charge is 0.463 e. The number of phosphoric ester groups is 2. The molecule has 125 heavy (non-hydrogen) atoms. The molecular weight excluding hydrogens is 1600 g/mol. The second kappa shape index (κ2) is 98.0. The zero-order valence-corrected chi connectivity index (χ0v) is 81.3. The minimum Gasteiger partial charge on any atom is -0.463 e. The van der Waals surface area contributed by atoms with Gasteiger partial charge >= 0.3 is 33.6 Å². The van der Waals surface area contributed by atoms with E-state index in [0.29, 0.717) is 19.3 Å². The van der Waals surface area contributed by atoms with Crippen LogP contribution < -0.4 is 0 Å². The summed E-state index contributed by atoms with van der Waals surface area (Å²) in [6.45, 7) is 2.50. The summed E-state index contributed by atoms with van der Waals surface area (Å²) in [6, 6.07) is 0. The van der Waals surface area contributed by atoms with Crippen molar-refractivity contribution in [3.63, 3.8) is 0 Å². The maximum Gasteiger partial charge on any atom is 0.472 e. The molecule has 0 aromatic rings. The van der Waals surface area contributed by atoms with Crippen LogP contribution in [0.5, 0.6) is 0 Å². The van der Waals surface area contributed by atoms with Crippen LogP contribution >= 0.6 is 15.6 Å². The molecule has 5 atom stereocenters. The van der Waals surface area contributed by atoms with Crippen molar-refractivity contribution in [1.29, 1.82) is 0 Å². The predicted octanol–water partition coefficient (Wildman–Crippen LogP) is 31.8. The summed E-state index contributed by atoms with van der Waals surface area (Å²) in [7, 11) is -9.82. The number of hydrogen-bond acceptors (Lipinski definition) is 14. The van der Waals surface area contributed by atoms with Crippen LogP contribution in [0, 0.1) is 0 Å². The van der Waals surface area contributed by atoms with Crippen molar-refractivity contribution in [3.05, 3.63) is 170 Å². The number of phosphoric acid groups is 2. The van der Waals surface area contributed by atoms with Gasteiger partial charge in [0.2, 0.25) is 0 Å². The Morgan fingerprint density at radius 3 is 0.672 bits per heavy atom. The average Bonchev–Trinajstić information content (AvgIpc) is 0.898. The molecule has 16 nitrogen and oxygen atoms in total. The van der Waals surface area contributed by atoms with Gasteiger partial charge in [0.1, 0.15) is 25.4 Å². The van der Waals surface area contributed by atoms with Crippen LogP contribution in [-0.2, 0) is 55.8 Å². The molecule has 718 valence electrons. The van der Waals surface area contributed by atoms with Gasteiger partial charge in [-0.3, -0.25) is 32.5 Å². The van der Waals surface area contributed by atoms with Gasteiger partial charge < -0.3 is 34.2 Å². The molecule has 0 saturated heterocycles. The van der Waals surface area contributed by atoms with Gasteiger partial charge in [0.15, 0.2) is 6.10 Å². The average molecular weight is 1790 g/mol. The van der Waals surface area contributed by atoms with Crippen molar-refractivity contribution in [2.45, 2.75) is 450 Å². The summed E-state index contributed by atoms with van der Waals surface area (Å²) in [4.78, 5) is 59.2. The first kappa shape index (κ1) is 120. The molecule has 0 amide bonds. The Kier molecular flexibility index (Phi) is 94.0. The highest BCUT2D eigenvalue weighted by atomic mass is 31.2. The molecule has 0 aromatic heterocycles. The van der Waals surface area contributed by atoms with Gasteiger partial charge in [0.25, 0.3) is 0 Å². The lowest BCUT2D eigenvalue weighted by Gasteiger charge is -2.21. The number of aliphatic hydroxyl groups excluding tert-OH is 2. The Morgan fingerprint density at radius 1 is 0.232 bits per heavy atom. The quantitative estimate of drug-likeness (QED) is 0.0146. The third-order valence-corrected chi connectivity index (χ3v) is 23.3. The number of unbranched alkanes of at least 4 members (excludes halogenated alkanes) is 44. The van der Waals surface area contributed by atoms with Crippen LogP contribution in [0.2, 0.25) is 0 Å². The van der Waals surface area contributed by atoms with Gasteiger partial charge in [0.05, 0.1) is 26.4 Å². The number of hydrogen-bond donors (Lipinski definition) is 4. The molecule has 0 saturated carbocycles. The first-order chi connectivity index (χ1) is 61.2. The maximum absolute atomic E-state index is 13.1. The first-order valence-electron chi connectivity index (χ1n) is 50.4. The summed E-state index contributed by atoms with van der Waals surface area (Å²) >= 11 is 0. The molecule has 0 aliphatic rings. The molecule has 0 radical (unpaired) electrons. The molecule has 4 N–H and O–H groups in total. The highest BCUT2D eigenvalue weighted by Crippen LogP contribution is 2.45. The van der Waals surface area contributed by atoms with Crippen LogP contribution in [0.25, 0.3) is 0 Å². The van der Waals surface area contributed by atoms with Crippen molar-refractivity contribution in [3.8, 4) is 0 Å². The van der Waals surface area contributed by atoms with Crippen LogP contribution in [-0.4, -0.2) is 95.9 Å². The van der Waals surface area contributed by atoms with E-state index in [1.165, 1.54) is 205 Å². The monoisotopic (exact) mass is 1790 g/mol. The van der Waals surface area contributed by atoms with E-state index in [1.54, 1.807) is 0 Å². The summed E-state index contributed by atoms with van der Waals surface area (Å²) in [5.74, 6) is -1.56. The van der Waals surface area contributed by atoms with E-state index < -0.39 is 91.5 Å². The van der Waals surface area contributed by atoms with Crippen LogP contribution in [0.15, 0.2) is 170 Å². The maximum atomic E-state index is 13.1. The lowest BCUT2D eigenvalue weighted by molar-refractivity contribution is -0.161. The third kappa shape index (κ3) is 99.3. The SMILES string of the molecule is CC/C=C\C/C=C\C/C=C\C/C=C\C/C=C\CCCCCCCCCCCCCCCCCC(=O)OCC(O)COP(=O)(O)OCC(O)COP(=O)(O)OCC(COC(=O)CCCCCCCCCCCCCCC/C=C\C/C=C\C/C=C\C/C=C\C/C=C\CC)OC(=O)CCCCCCCCCCCCCCC/C=C\C/C=C\C/C=C\C/C=C\CCCCC. The summed E-state index contributed by atoms with van der Waals surface area (Å²) < 4.78 is 61.7. The lowest BCUT2D eigenvalue weighted by Crippen LogP contribution is -2.30. The van der Waals surface area contributed by atoms with Crippen molar-refractivity contribution < 1.29 is 75.8 Å². The standard InChI is InChI=1S/C107H184O16P2/c1-4-7-10-13-16-19-22-25-28-31-34-37-40-43-46-49-50-53-55-57-60-63-66-69-72-75-78-81-84-87-90-93-105(110)117-96-102(108)97-119-124(113,114)120-98-103(109)99-121-125(115,116)122-101-104(123-107(112)95-92-89-86-83-80-77-74-71-68-65-62-59-56-52-48-45-42-39-36-33-30-27-24-21-18-15-12-9-6-3)100-118-106(111)94-91-88-85-82-79-76-73-70-67-64-61-58-54-51-47-44-41-38-35-32-29-26-23-20-17-14-11-8-5-2/h7-8,10-11,16-21,25-30,34-39,43-48,102-104,108-109H,4-6,9,12-15,22-24,31-33,40-42,49-101H2,1-3H3,(H,113,114)(H,115,116)/b10-7-,11-8-,19-16-,20-17-,21-18-,28-25-,29-26-,30-27-,37-34-,38-35-,39-36-,46-43-,47-44-,48-45-. The molecule has 0 heterocycles. The Bertz CT molecular complexity index is 2950. The fourth-order valence-electron chi connectivity index (χ4n) is 13.8. The molecule has 0 fully saturated rings. The van der Waals surface area contributed by atoms with Crippen LogP contribution in [0.3, 0.4) is 0 Å². The molecule has 0 aliphatic heterocycles. The van der Waals surface area contributed by atoms with Crippen molar-refractivity contribution in [1.82, 2.24) is 0 Å². The normalized spacial score (nSPS) is 14.4. The zero-order valence-electron chi connectivity index (χ0n) is 79.5. The minimum atomic E-state index is -4.95. The second-order valence-electron chi connectivity index (χ2n) is 33.5. The Labute approximate surface area is 764 Å². The van der Waals surface area contributed by atoms with Gasteiger partial charge in [-0.25, -0.2) is 9.13 Å². The largest absolute Gasteiger partial charge is 0.472 e. The molecular formula is C107H184O16P2. The van der Waals surface area contributed by atoms with Gasteiger partial charge in [-0.15, -0.1) is 0 Å². The highest BCUT2D eigenvalue weighted by Gasteiger charge is 2.30. The first-order valence-corrected chi connectivity index (χ1v) is 53.4. The fourth-order valence-corrected chi connectivity index (χ4v) is 15.4.